The molecule has 1 atom stereocenters. The van der Waals surface area contributed by atoms with Gasteiger partial charge in [0.1, 0.15) is 0 Å². The van der Waals surface area contributed by atoms with Gasteiger partial charge in [0, 0.05) is 28.0 Å². The Balaban J connectivity index is 2.26. The minimum Gasteiger partial charge on any atom is -0.313 e. The molecule has 2 rings (SSSR count). The van der Waals surface area contributed by atoms with Gasteiger partial charge in [-0.3, -0.25) is 4.98 Å². The van der Waals surface area contributed by atoms with Crippen molar-refractivity contribution in [2.24, 2.45) is 0 Å². The van der Waals surface area contributed by atoms with Gasteiger partial charge in [0.15, 0.2) is 0 Å². The first-order valence-electron chi connectivity index (χ1n) is 6.14. The lowest BCUT2D eigenvalue weighted by molar-refractivity contribution is 0.591. The molecule has 0 fully saturated rings. The minimum absolute atomic E-state index is 0.192. The van der Waals surface area contributed by atoms with Crippen LogP contribution in [0.3, 0.4) is 0 Å². The van der Waals surface area contributed by atoms with Crippen LogP contribution in [0.15, 0.2) is 36.5 Å². The Morgan fingerprint density at radius 2 is 2.00 bits per heavy atom. The van der Waals surface area contributed by atoms with E-state index in [0.29, 0.717) is 5.02 Å². The third-order valence-corrected chi connectivity index (χ3v) is 3.71. The van der Waals surface area contributed by atoms with Gasteiger partial charge in [-0.2, -0.15) is 0 Å². The molecule has 19 heavy (non-hydrogen) atoms. The van der Waals surface area contributed by atoms with Gasteiger partial charge in [0.2, 0.25) is 0 Å². The molecule has 1 heterocycles. The molecule has 1 N–H and O–H groups in total. The molecule has 1 aromatic carbocycles. The van der Waals surface area contributed by atoms with Crippen LogP contribution in [-0.4, -0.2) is 12.0 Å². The molecule has 1 aromatic heterocycles. The van der Waals surface area contributed by atoms with E-state index in [-0.39, 0.29) is 6.04 Å². The van der Waals surface area contributed by atoms with Crippen LogP contribution < -0.4 is 5.32 Å². The van der Waals surface area contributed by atoms with Crippen LogP contribution in [-0.2, 0) is 6.42 Å². The Morgan fingerprint density at radius 1 is 1.21 bits per heavy atom. The molecule has 0 saturated carbocycles. The average Bonchev–Trinajstić information content (AvgIpc) is 2.39. The molecular weight excluding hydrogens is 279 g/mol. The quantitative estimate of drug-likeness (QED) is 0.914. The topological polar surface area (TPSA) is 24.9 Å². The fraction of sp³-hybridized carbons (Fsp3) is 0.267. The zero-order valence-electron chi connectivity index (χ0n) is 11.0. The van der Waals surface area contributed by atoms with Crippen molar-refractivity contribution in [2.75, 3.05) is 7.05 Å². The molecule has 1 unspecified atom stereocenters. The monoisotopic (exact) mass is 294 g/mol. The van der Waals surface area contributed by atoms with Crippen LogP contribution in [0.1, 0.15) is 22.9 Å². The van der Waals surface area contributed by atoms with Crippen molar-refractivity contribution in [1.29, 1.82) is 0 Å². The molecule has 0 saturated heterocycles. The number of halogens is 2. The molecular formula is C15H16Cl2N2. The number of nitrogens with zero attached hydrogens (tertiary/aromatic N) is 1. The molecule has 100 valence electrons. The summed E-state index contributed by atoms with van der Waals surface area (Å²) in [5.74, 6) is 0. The van der Waals surface area contributed by atoms with E-state index in [1.165, 1.54) is 5.56 Å². The number of likely N-dealkylation sites (N-methyl/N-ethyl adjacent to an activating group) is 1. The highest BCUT2D eigenvalue weighted by atomic mass is 35.5. The Labute approximate surface area is 123 Å². The predicted octanol–water partition coefficient (Wildman–Crippen LogP) is 4.20. The van der Waals surface area contributed by atoms with Gasteiger partial charge < -0.3 is 5.32 Å². The second-order valence-corrected chi connectivity index (χ2v) is 5.36. The maximum absolute atomic E-state index is 6.22. The normalized spacial score (nSPS) is 12.4. The Bertz CT molecular complexity index is 570. The smallest absolute Gasteiger partial charge is 0.0439 e. The van der Waals surface area contributed by atoms with Crippen molar-refractivity contribution in [2.45, 2.75) is 19.4 Å². The number of hydrogen-bond donors (Lipinski definition) is 1. The Morgan fingerprint density at radius 3 is 2.68 bits per heavy atom. The molecule has 0 aliphatic rings. The highest BCUT2D eigenvalue weighted by Crippen LogP contribution is 2.26. The average molecular weight is 295 g/mol. The highest BCUT2D eigenvalue weighted by molar-refractivity contribution is 6.33. The molecule has 0 radical (unpaired) electrons. The van der Waals surface area contributed by atoms with E-state index in [9.17, 15) is 0 Å². The summed E-state index contributed by atoms with van der Waals surface area (Å²) in [6.07, 6.45) is 2.62. The molecule has 4 heteroatoms. The molecule has 0 aliphatic carbocycles. The molecule has 2 aromatic rings. The van der Waals surface area contributed by atoms with Gasteiger partial charge in [-0.15, -0.1) is 0 Å². The number of aromatic nitrogens is 1. The van der Waals surface area contributed by atoms with Crippen LogP contribution in [0.25, 0.3) is 0 Å². The van der Waals surface area contributed by atoms with E-state index in [1.807, 2.05) is 38.4 Å². The lowest BCUT2D eigenvalue weighted by Crippen LogP contribution is -2.19. The van der Waals surface area contributed by atoms with Gasteiger partial charge in [-0.1, -0.05) is 23.2 Å². The Kier molecular flexibility index (Phi) is 4.81. The number of benzene rings is 1. The van der Waals surface area contributed by atoms with E-state index in [2.05, 4.69) is 16.4 Å². The van der Waals surface area contributed by atoms with Gasteiger partial charge in [-0.05, 0) is 61.9 Å². The standard InChI is InChI=1S/C15H16Cl2N2/c1-10-7-11(5-6-19-10)15(18-2)9-12-8-13(16)3-4-14(12)17/h3-8,15,18H,9H2,1-2H3. The zero-order valence-corrected chi connectivity index (χ0v) is 12.5. The molecule has 2 nitrogen and oxygen atoms in total. The number of rotatable bonds is 4. The van der Waals surface area contributed by atoms with Crippen LogP contribution >= 0.6 is 23.2 Å². The first kappa shape index (κ1) is 14.3. The summed E-state index contributed by atoms with van der Waals surface area (Å²) < 4.78 is 0. The van der Waals surface area contributed by atoms with Gasteiger partial charge in [-0.25, -0.2) is 0 Å². The number of pyridine rings is 1. The highest BCUT2D eigenvalue weighted by Gasteiger charge is 2.13. The zero-order chi connectivity index (χ0) is 13.8. The van der Waals surface area contributed by atoms with Crippen LogP contribution in [0.4, 0.5) is 0 Å². The van der Waals surface area contributed by atoms with Crippen LogP contribution in [0.5, 0.6) is 0 Å². The summed E-state index contributed by atoms with van der Waals surface area (Å²) in [5.41, 5.74) is 3.25. The largest absolute Gasteiger partial charge is 0.313 e. The SMILES string of the molecule is CNC(Cc1cc(Cl)ccc1Cl)c1ccnc(C)c1. The van der Waals surface area contributed by atoms with E-state index < -0.39 is 0 Å². The fourth-order valence-corrected chi connectivity index (χ4v) is 2.48. The number of nitrogens with one attached hydrogen (secondary N) is 1. The maximum Gasteiger partial charge on any atom is 0.0439 e. The van der Waals surface area contributed by atoms with Crippen molar-refractivity contribution in [3.63, 3.8) is 0 Å². The second-order valence-electron chi connectivity index (χ2n) is 4.51. The summed E-state index contributed by atoms with van der Waals surface area (Å²) in [7, 11) is 1.94. The molecule has 0 bridgehead atoms. The summed E-state index contributed by atoms with van der Waals surface area (Å²) in [6.45, 7) is 1.99. The minimum atomic E-state index is 0.192. The van der Waals surface area contributed by atoms with E-state index in [0.717, 1.165) is 22.7 Å². The first-order chi connectivity index (χ1) is 9.10. The van der Waals surface area contributed by atoms with Crippen LogP contribution in [0.2, 0.25) is 10.0 Å². The van der Waals surface area contributed by atoms with E-state index in [1.54, 1.807) is 6.07 Å². The number of aryl methyl sites for hydroxylation is 1. The second kappa shape index (κ2) is 6.38. The third kappa shape index (κ3) is 3.69. The first-order valence-corrected chi connectivity index (χ1v) is 6.89. The van der Waals surface area contributed by atoms with E-state index >= 15 is 0 Å². The van der Waals surface area contributed by atoms with Crippen molar-refractivity contribution < 1.29 is 0 Å². The Hall–Kier alpha value is -1.09. The summed E-state index contributed by atoms with van der Waals surface area (Å²) in [5, 5.41) is 4.77. The summed E-state index contributed by atoms with van der Waals surface area (Å²) in [6, 6.07) is 9.86. The van der Waals surface area contributed by atoms with Crippen molar-refractivity contribution >= 4 is 23.2 Å². The van der Waals surface area contributed by atoms with Gasteiger partial charge in [0.25, 0.3) is 0 Å². The third-order valence-electron chi connectivity index (χ3n) is 3.10. The lowest BCUT2D eigenvalue weighted by Gasteiger charge is -2.18. The maximum atomic E-state index is 6.22. The summed E-state index contributed by atoms with van der Waals surface area (Å²) >= 11 is 12.2. The van der Waals surface area contributed by atoms with Crippen molar-refractivity contribution in [3.05, 3.63) is 63.4 Å². The number of hydrogen-bond acceptors (Lipinski definition) is 2. The lowest BCUT2D eigenvalue weighted by atomic mass is 9.99. The van der Waals surface area contributed by atoms with Crippen molar-refractivity contribution in [3.8, 4) is 0 Å². The molecule has 0 amide bonds. The van der Waals surface area contributed by atoms with Crippen molar-refractivity contribution in [1.82, 2.24) is 10.3 Å². The van der Waals surface area contributed by atoms with Crippen LogP contribution in [0, 0.1) is 6.92 Å². The summed E-state index contributed by atoms with van der Waals surface area (Å²) in [4.78, 5) is 4.22. The van der Waals surface area contributed by atoms with Gasteiger partial charge >= 0.3 is 0 Å². The predicted molar refractivity (Wildman–Crippen MR) is 80.9 cm³/mol. The van der Waals surface area contributed by atoms with Gasteiger partial charge in [0.05, 0.1) is 0 Å². The molecule has 0 spiro atoms. The van der Waals surface area contributed by atoms with E-state index in [4.69, 9.17) is 23.2 Å². The fourth-order valence-electron chi connectivity index (χ4n) is 2.09. The molecule has 0 aliphatic heterocycles.